The van der Waals surface area contributed by atoms with Crippen LogP contribution in [0.1, 0.15) is 48.2 Å². The molecule has 1 heterocycles. The second-order valence-corrected chi connectivity index (χ2v) is 7.72. The lowest BCUT2D eigenvalue weighted by Crippen LogP contribution is -2.25. The molecule has 136 valence electrons. The number of hydrogen-bond acceptors (Lipinski definition) is 5. The van der Waals surface area contributed by atoms with Crippen LogP contribution in [0.15, 0.2) is 15.6 Å². The van der Waals surface area contributed by atoms with E-state index in [0.717, 1.165) is 23.6 Å². The van der Waals surface area contributed by atoms with Crippen molar-refractivity contribution in [1.82, 2.24) is 9.62 Å². The van der Waals surface area contributed by atoms with Gasteiger partial charge in [-0.2, -0.15) is 0 Å². The Balaban J connectivity index is 2.49. The minimum absolute atomic E-state index is 0.156. The molecular formula is C15H24N2O6S. The topological polar surface area (TPSA) is 117 Å². The van der Waals surface area contributed by atoms with Gasteiger partial charge in [0.05, 0.1) is 5.56 Å². The fourth-order valence-electron chi connectivity index (χ4n) is 2.04. The highest BCUT2D eigenvalue weighted by Crippen LogP contribution is 2.21. The Morgan fingerprint density at radius 1 is 1.21 bits per heavy atom. The molecule has 0 unspecified atom stereocenters. The van der Waals surface area contributed by atoms with Crippen LogP contribution in [0.25, 0.3) is 0 Å². The standard InChI is InChI=1S/C15H24N2O6S/c1-11-12(10-14(23-11)24(21,22)17(2)3)15(20)16-9-7-5-4-6-8-13(18)19/h10H,4-9H2,1-3H3,(H,16,20)(H,18,19). The van der Waals surface area contributed by atoms with E-state index in [0.29, 0.717) is 13.0 Å². The van der Waals surface area contributed by atoms with Gasteiger partial charge in [0.1, 0.15) is 5.76 Å². The first-order valence-corrected chi connectivity index (χ1v) is 9.13. The smallest absolute Gasteiger partial charge is 0.303 e. The zero-order chi connectivity index (χ0) is 18.3. The molecule has 0 spiro atoms. The van der Waals surface area contributed by atoms with Gasteiger partial charge < -0.3 is 14.8 Å². The number of furan rings is 1. The van der Waals surface area contributed by atoms with E-state index in [1.165, 1.54) is 27.1 Å². The maximum absolute atomic E-state index is 12.1. The number of carbonyl (C=O) groups excluding carboxylic acids is 1. The summed E-state index contributed by atoms with van der Waals surface area (Å²) >= 11 is 0. The van der Waals surface area contributed by atoms with E-state index in [-0.39, 0.29) is 28.7 Å². The number of nitrogens with zero attached hydrogens (tertiary/aromatic N) is 1. The lowest BCUT2D eigenvalue weighted by molar-refractivity contribution is -0.137. The molecule has 1 aromatic rings. The fraction of sp³-hybridized carbons (Fsp3) is 0.600. The van der Waals surface area contributed by atoms with Gasteiger partial charge in [-0.25, -0.2) is 12.7 Å². The number of aryl methyl sites for hydroxylation is 1. The van der Waals surface area contributed by atoms with Crippen LogP contribution in [0.2, 0.25) is 0 Å². The van der Waals surface area contributed by atoms with Crippen LogP contribution < -0.4 is 5.32 Å². The van der Waals surface area contributed by atoms with Crippen molar-refractivity contribution >= 4 is 21.9 Å². The van der Waals surface area contributed by atoms with Gasteiger partial charge in [0.2, 0.25) is 5.09 Å². The maximum atomic E-state index is 12.1. The van der Waals surface area contributed by atoms with E-state index >= 15 is 0 Å². The van der Waals surface area contributed by atoms with Crippen LogP contribution in [0.3, 0.4) is 0 Å². The van der Waals surface area contributed by atoms with Gasteiger partial charge in [-0.1, -0.05) is 12.8 Å². The number of carboxylic acids is 1. The Labute approximate surface area is 141 Å². The molecule has 0 radical (unpaired) electrons. The van der Waals surface area contributed by atoms with Crippen LogP contribution in [0, 0.1) is 6.92 Å². The summed E-state index contributed by atoms with van der Waals surface area (Å²) in [6.45, 7) is 1.97. The van der Waals surface area contributed by atoms with Gasteiger partial charge in [-0.3, -0.25) is 9.59 Å². The monoisotopic (exact) mass is 360 g/mol. The molecular weight excluding hydrogens is 336 g/mol. The number of aliphatic carboxylic acids is 1. The molecule has 0 fully saturated rings. The molecule has 0 aliphatic rings. The number of unbranched alkanes of at least 4 members (excludes halogenated alkanes) is 3. The van der Waals surface area contributed by atoms with Crippen molar-refractivity contribution in [1.29, 1.82) is 0 Å². The van der Waals surface area contributed by atoms with E-state index in [9.17, 15) is 18.0 Å². The molecule has 9 heteroatoms. The lowest BCUT2D eigenvalue weighted by atomic mass is 10.1. The number of hydrogen-bond donors (Lipinski definition) is 2. The van der Waals surface area contributed by atoms with E-state index < -0.39 is 16.0 Å². The highest BCUT2D eigenvalue weighted by molar-refractivity contribution is 7.88. The second-order valence-electron chi connectivity index (χ2n) is 5.64. The molecule has 1 rings (SSSR count). The summed E-state index contributed by atoms with van der Waals surface area (Å²) < 4.78 is 30.2. The molecule has 0 atom stereocenters. The predicted molar refractivity (Wildman–Crippen MR) is 87.4 cm³/mol. The van der Waals surface area contributed by atoms with Crippen LogP contribution >= 0.6 is 0 Å². The largest absolute Gasteiger partial charge is 0.481 e. The summed E-state index contributed by atoms with van der Waals surface area (Å²) in [6.07, 6.45) is 3.11. The van der Waals surface area contributed by atoms with Crippen LogP contribution in [-0.4, -0.2) is 50.3 Å². The summed E-state index contributed by atoms with van der Waals surface area (Å²) in [6, 6.07) is 1.23. The third kappa shape index (κ3) is 5.64. The number of sulfonamides is 1. The molecule has 0 saturated heterocycles. The molecule has 24 heavy (non-hydrogen) atoms. The first kappa shape index (κ1) is 20.2. The predicted octanol–water partition coefficient (Wildman–Crippen LogP) is 1.60. The Morgan fingerprint density at radius 3 is 2.42 bits per heavy atom. The lowest BCUT2D eigenvalue weighted by Gasteiger charge is -2.07. The zero-order valence-corrected chi connectivity index (χ0v) is 15.0. The summed E-state index contributed by atoms with van der Waals surface area (Å²) in [7, 11) is -0.943. The van der Waals surface area contributed by atoms with Gasteiger partial charge >= 0.3 is 5.97 Å². The first-order valence-electron chi connectivity index (χ1n) is 7.69. The van der Waals surface area contributed by atoms with E-state index in [2.05, 4.69) is 5.32 Å². The van der Waals surface area contributed by atoms with Crippen molar-refractivity contribution in [3.8, 4) is 0 Å². The second kappa shape index (κ2) is 8.84. The molecule has 0 aliphatic carbocycles. The number of rotatable bonds is 10. The normalized spacial score (nSPS) is 11.7. The third-order valence-electron chi connectivity index (χ3n) is 3.48. The van der Waals surface area contributed by atoms with Gasteiger partial charge in [-0.05, 0) is 19.8 Å². The van der Waals surface area contributed by atoms with Crippen molar-refractivity contribution < 1.29 is 27.5 Å². The summed E-state index contributed by atoms with van der Waals surface area (Å²) in [4.78, 5) is 22.5. The molecule has 0 aromatic carbocycles. The molecule has 1 amide bonds. The summed E-state index contributed by atoms with van der Waals surface area (Å²) in [5, 5.41) is 11.0. The van der Waals surface area contributed by atoms with Crippen molar-refractivity contribution in [2.45, 2.75) is 44.1 Å². The van der Waals surface area contributed by atoms with Crippen molar-refractivity contribution in [3.05, 3.63) is 17.4 Å². The molecule has 8 nitrogen and oxygen atoms in total. The number of carboxylic acid groups (broad SMARTS) is 1. The Kier molecular flexibility index (Phi) is 7.43. The van der Waals surface area contributed by atoms with Gasteiger partial charge in [0.15, 0.2) is 0 Å². The van der Waals surface area contributed by atoms with Crippen molar-refractivity contribution in [3.63, 3.8) is 0 Å². The Hall–Kier alpha value is -1.87. The van der Waals surface area contributed by atoms with Gasteiger partial charge in [0.25, 0.3) is 15.9 Å². The summed E-state index contributed by atoms with van der Waals surface area (Å²) in [5.74, 6) is -0.946. The third-order valence-corrected chi connectivity index (χ3v) is 5.15. The number of carbonyl (C=O) groups is 2. The Morgan fingerprint density at radius 2 is 1.83 bits per heavy atom. The maximum Gasteiger partial charge on any atom is 0.303 e. The van der Waals surface area contributed by atoms with E-state index in [1.807, 2.05) is 0 Å². The van der Waals surface area contributed by atoms with Crippen LogP contribution in [0.5, 0.6) is 0 Å². The average molecular weight is 360 g/mol. The molecule has 1 aromatic heterocycles. The molecule has 2 N–H and O–H groups in total. The summed E-state index contributed by atoms with van der Waals surface area (Å²) in [5.41, 5.74) is 0.196. The van der Waals surface area contributed by atoms with E-state index in [1.54, 1.807) is 0 Å². The molecule has 0 aliphatic heterocycles. The quantitative estimate of drug-likeness (QED) is 0.612. The SMILES string of the molecule is Cc1oc(S(=O)(=O)N(C)C)cc1C(=O)NCCCCCCC(=O)O. The minimum atomic E-state index is -3.72. The van der Waals surface area contributed by atoms with Gasteiger partial charge in [-0.15, -0.1) is 0 Å². The molecule has 0 bridgehead atoms. The number of amides is 1. The zero-order valence-electron chi connectivity index (χ0n) is 14.2. The fourth-order valence-corrected chi connectivity index (χ4v) is 2.90. The molecule has 0 saturated carbocycles. The van der Waals surface area contributed by atoms with Crippen molar-refractivity contribution in [2.24, 2.45) is 0 Å². The minimum Gasteiger partial charge on any atom is -0.481 e. The average Bonchev–Trinajstić information content (AvgIpc) is 2.88. The van der Waals surface area contributed by atoms with Crippen molar-refractivity contribution in [2.75, 3.05) is 20.6 Å². The number of nitrogens with one attached hydrogen (secondary N) is 1. The highest BCUT2D eigenvalue weighted by atomic mass is 32.2. The van der Waals surface area contributed by atoms with Gasteiger partial charge in [0, 0.05) is 33.1 Å². The van der Waals surface area contributed by atoms with Crippen LogP contribution in [-0.2, 0) is 14.8 Å². The first-order chi connectivity index (χ1) is 11.2. The van der Waals surface area contributed by atoms with E-state index in [4.69, 9.17) is 9.52 Å². The van der Waals surface area contributed by atoms with Crippen LogP contribution in [0.4, 0.5) is 0 Å². The highest BCUT2D eigenvalue weighted by Gasteiger charge is 2.25. The Bertz CT molecular complexity index is 678.